The molecular weight excluding hydrogens is 450 g/mol. The second-order valence-electron chi connectivity index (χ2n) is 9.89. The summed E-state index contributed by atoms with van der Waals surface area (Å²) >= 11 is 0. The quantitative estimate of drug-likeness (QED) is 0.656. The van der Waals surface area contributed by atoms with Crippen LogP contribution >= 0.6 is 0 Å². The molecule has 0 bridgehead atoms. The van der Waals surface area contributed by atoms with E-state index < -0.39 is 23.2 Å². The lowest BCUT2D eigenvalue weighted by Gasteiger charge is -2.44. The topological polar surface area (TPSA) is 65.0 Å². The lowest BCUT2D eigenvalue weighted by Crippen LogP contribution is -2.61. The molecule has 1 saturated carbocycles. The van der Waals surface area contributed by atoms with E-state index in [4.69, 9.17) is 4.99 Å². The summed E-state index contributed by atoms with van der Waals surface area (Å²) in [5.74, 6) is -1.15. The van der Waals surface area contributed by atoms with Crippen molar-refractivity contribution in [3.63, 3.8) is 0 Å². The van der Waals surface area contributed by atoms with Crippen molar-refractivity contribution in [2.75, 3.05) is 18.0 Å². The molecule has 2 aromatic rings. The van der Waals surface area contributed by atoms with Gasteiger partial charge in [0, 0.05) is 18.2 Å². The van der Waals surface area contributed by atoms with Crippen LogP contribution in [0.4, 0.5) is 19.3 Å². The summed E-state index contributed by atoms with van der Waals surface area (Å²) < 4.78 is 28.4. The molecule has 0 radical (unpaired) electrons. The first-order valence-electron chi connectivity index (χ1n) is 12.4. The van der Waals surface area contributed by atoms with Gasteiger partial charge in [0.2, 0.25) is 0 Å². The number of rotatable bonds is 3. The van der Waals surface area contributed by atoms with Gasteiger partial charge in [0.1, 0.15) is 23.0 Å². The third-order valence-corrected chi connectivity index (χ3v) is 7.35. The predicted octanol–water partition coefficient (Wildman–Crippen LogP) is 5.21. The van der Waals surface area contributed by atoms with Crippen molar-refractivity contribution in [3.05, 3.63) is 65.2 Å². The molecule has 1 atom stereocenters. The summed E-state index contributed by atoms with van der Waals surface area (Å²) in [7, 11) is 0. The van der Waals surface area contributed by atoms with E-state index >= 15 is 0 Å². The van der Waals surface area contributed by atoms with Crippen molar-refractivity contribution in [1.29, 1.82) is 0 Å². The van der Waals surface area contributed by atoms with E-state index in [2.05, 4.69) is 5.32 Å². The number of carbonyl (C=O) groups is 2. The molecule has 1 N–H and O–H groups in total. The summed E-state index contributed by atoms with van der Waals surface area (Å²) in [6, 6.07) is 10.1. The molecule has 1 unspecified atom stereocenters. The summed E-state index contributed by atoms with van der Waals surface area (Å²) in [4.78, 5) is 34.8. The van der Waals surface area contributed by atoms with Gasteiger partial charge < -0.3 is 4.90 Å². The van der Waals surface area contributed by atoms with Crippen LogP contribution in [0.1, 0.15) is 60.9 Å². The Hall–Kier alpha value is -3.29. The second-order valence-corrected chi connectivity index (χ2v) is 9.89. The predicted molar refractivity (Wildman–Crippen MR) is 131 cm³/mol. The van der Waals surface area contributed by atoms with Gasteiger partial charge in [-0.25, -0.2) is 13.6 Å². The first kappa shape index (κ1) is 23.5. The fourth-order valence-electron chi connectivity index (χ4n) is 5.62. The molecule has 5 rings (SSSR count). The van der Waals surface area contributed by atoms with E-state index in [0.717, 1.165) is 49.4 Å². The van der Waals surface area contributed by atoms with Crippen LogP contribution < -0.4 is 10.2 Å². The molecule has 1 spiro atoms. The highest BCUT2D eigenvalue weighted by Gasteiger charge is 2.54. The number of aryl methyl sites for hydroxylation is 1. The Kier molecular flexibility index (Phi) is 6.30. The highest BCUT2D eigenvalue weighted by atomic mass is 19.1. The van der Waals surface area contributed by atoms with Gasteiger partial charge in [0.25, 0.3) is 5.91 Å². The van der Waals surface area contributed by atoms with Gasteiger partial charge >= 0.3 is 6.03 Å². The summed E-state index contributed by atoms with van der Waals surface area (Å²) in [5.41, 5.74) is 0.744. The molecule has 0 aromatic heterocycles. The van der Waals surface area contributed by atoms with E-state index in [1.165, 1.54) is 11.3 Å². The minimum absolute atomic E-state index is 0.0864. The Morgan fingerprint density at radius 2 is 1.71 bits per heavy atom. The fourth-order valence-corrected chi connectivity index (χ4v) is 5.62. The fraction of sp³-hybridized carbons (Fsp3) is 0.444. The molecule has 2 saturated heterocycles. The van der Waals surface area contributed by atoms with Crippen LogP contribution in [-0.2, 0) is 0 Å². The van der Waals surface area contributed by atoms with Crippen LogP contribution in [0.2, 0.25) is 0 Å². The van der Waals surface area contributed by atoms with Gasteiger partial charge in [-0.15, -0.1) is 0 Å². The maximum absolute atomic E-state index is 14.2. The van der Waals surface area contributed by atoms with Crippen molar-refractivity contribution in [2.24, 2.45) is 4.99 Å². The van der Waals surface area contributed by atoms with Gasteiger partial charge in [0.15, 0.2) is 0 Å². The van der Waals surface area contributed by atoms with Crippen molar-refractivity contribution in [3.8, 4) is 0 Å². The first-order chi connectivity index (χ1) is 16.9. The van der Waals surface area contributed by atoms with Crippen LogP contribution in [-0.4, -0.2) is 47.3 Å². The number of benzene rings is 2. The van der Waals surface area contributed by atoms with Crippen molar-refractivity contribution >= 4 is 23.5 Å². The highest BCUT2D eigenvalue weighted by molar-refractivity contribution is 6.19. The average Bonchev–Trinajstić information content (AvgIpc) is 3.09. The third kappa shape index (κ3) is 4.54. The smallest absolute Gasteiger partial charge is 0.328 e. The maximum Gasteiger partial charge on any atom is 0.328 e. The van der Waals surface area contributed by atoms with Crippen molar-refractivity contribution < 1.29 is 18.4 Å². The minimum atomic E-state index is -1.01. The van der Waals surface area contributed by atoms with Gasteiger partial charge in [0.05, 0.1) is 18.3 Å². The summed E-state index contributed by atoms with van der Waals surface area (Å²) in [6.45, 7) is 2.69. The Balaban J connectivity index is 1.56. The largest absolute Gasteiger partial charge is 0.336 e. The number of hydrogen-bond donors (Lipinski definition) is 1. The number of amides is 3. The van der Waals surface area contributed by atoms with Crippen LogP contribution in [0.5, 0.6) is 0 Å². The zero-order valence-corrected chi connectivity index (χ0v) is 19.9. The molecule has 3 aliphatic rings. The van der Waals surface area contributed by atoms with E-state index in [1.54, 1.807) is 17.0 Å². The number of hydrogen-bond acceptors (Lipinski definition) is 3. The third-order valence-electron chi connectivity index (χ3n) is 7.35. The monoisotopic (exact) mass is 480 g/mol. The average molecular weight is 481 g/mol. The Morgan fingerprint density at radius 3 is 2.40 bits per heavy atom. The van der Waals surface area contributed by atoms with Crippen molar-refractivity contribution in [2.45, 2.75) is 63.5 Å². The lowest BCUT2D eigenvalue weighted by molar-refractivity contribution is 0.0686. The summed E-state index contributed by atoms with van der Waals surface area (Å²) in [5, 5.41) is 2.91. The number of urea groups is 1. The lowest BCUT2D eigenvalue weighted by atomic mass is 9.85. The number of amidine groups is 1. The molecule has 6 nitrogen and oxygen atoms in total. The van der Waals surface area contributed by atoms with Crippen LogP contribution in [0.15, 0.2) is 47.5 Å². The SMILES string of the molecule is Cc1ccc(C(=O)N2CCCC3(C2)C(=NC2CCCCC2)NC(=O)N3c2cc(F)cc(F)c2)cc1. The molecule has 35 heavy (non-hydrogen) atoms. The number of likely N-dealkylation sites (tertiary alicyclic amines) is 1. The Morgan fingerprint density at radius 1 is 1.03 bits per heavy atom. The molecule has 2 aromatic carbocycles. The number of nitrogens with one attached hydrogen (secondary N) is 1. The Labute approximate surface area is 204 Å². The van der Waals surface area contributed by atoms with Gasteiger partial charge in [-0.3, -0.25) is 20.0 Å². The molecule has 184 valence electrons. The molecule has 2 heterocycles. The molecular formula is C27H30F2N4O2. The molecule has 8 heteroatoms. The number of piperidine rings is 1. The Bertz CT molecular complexity index is 1140. The first-order valence-corrected chi connectivity index (χ1v) is 12.4. The van der Waals surface area contributed by atoms with Crippen LogP contribution in [0.25, 0.3) is 0 Å². The summed E-state index contributed by atoms with van der Waals surface area (Å²) in [6.07, 6.45) is 6.38. The highest BCUT2D eigenvalue weighted by Crippen LogP contribution is 2.38. The molecule has 1 aliphatic carbocycles. The van der Waals surface area contributed by atoms with E-state index in [-0.39, 0.29) is 24.2 Å². The number of halogens is 2. The zero-order chi connectivity index (χ0) is 24.6. The van der Waals surface area contributed by atoms with E-state index in [0.29, 0.717) is 30.8 Å². The van der Waals surface area contributed by atoms with Gasteiger partial charge in [-0.1, -0.05) is 37.0 Å². The maximum atomic E-state index is 14.2. The minimum Gasteiger partial charge on any atom is -0.336 e. The second kappa shape index (κ2) is 9.40. The number of anilines is 1. The standard InChI is InChI=1S/C27H30F2N4O2/c1-18-8-10-19(11-9-18)24(34)32-13-5-12-27(17-32)25(30-22-6-3-2-4-7-22)31-26(35)33(27)23-15-20(28)14-21(29)16-23/h8-11,14-16,22H,2-7,12-13,17H2,1H3,(H,30,31,35). The van der Waals surface area contributed by atoms with Gasteiger partial charge in [-0.2, -0.15) is 0 Å². The molecule has 2 aliphatic heterocycles. The van der Waals surface area contributed by atoms with Crippen LogP contribution in [0.3, 0.4) is 0 Å². The molecule has 3 amide bonds. The number of nitrogens with zero attached hydrogens (tertiary/aromatic N) is 3. The van der Waals surface area contributed by atoms with Gasteiger partial charge in [-0.05, 0) is 56.9 Å². The van der Waals surface area contributed by atoms with E-state index in [9.17, 15) is 18.4 Å². The number of aliphatic imine (C=N–C) groups is 1. The normalized spacial score (nSPS) is 24.3. The molecule has 3 fully saturated rings. The van der Waals surface area contributed by atoms with E-state index in [1.807, 2.05) is 19.1 Å². The zero-order valence-electron chi connectivity index (χ0n) is 19.9. The van der Waals surface area contributed by atoms with Crippen molar-refractivity contribution in [1.82, 2.24) is 10.2 Å². The van der Waals surface area contributed by atoms with Crippen LogP contribution in [0, 0.1) is 18.6 Å². The number of carbonyl (C=O) groups excluding carboxylic acids is 2.